The molecule has 1 aromatic rings. The lowest BCUT2D eigenvalue weighted by molar-refractivity contribution is 0.0513. The van der Waals surface area contributed by atoms with Crippen molar-refractivity contribution in [2.24, 2.45) is 0 Å². The summed E-state index contributed by atoms with van der Waals surface area (Å²) in [4.78, 5) is 15.2. The molecule has 0 bridgehead atoms. The van der Waals surface area contributed by atoms with Gasteiger partial charge in [0.2, 0.25) is 0 Å². The van der Waals surface area contributed by atoms with Crippen molar-refractivity contribution in [1.29, 1.82) is 0 Å². The molecule has 0 aliphatic heterocycles. The summed E-state index contributed by atoms with van der Waals surface area (Å²) in [6.45, 7) is 1.69. The molecule has 0 saturated heterocycles. The molecule has 1 rings (SSSR count). The number of hydrogen-bond acceptors (Lipinski definition) is 3. The van der Waals surface area contributed by atoms with Crippen LogP contribution in [0.15, 0.2) is 6.20 Å². The zero-order chi connectivity index (χ0) is 12.3. The van der Waals surface area contributed by atoms with E-state index in [1.807, 2.05) is 0 Å². The fourth-order valence-electron chi connectivity index (χ4n) is 1.09. The Morgan fingerprint density at radius 1 is 1.69 bits per heavy atom. The number of rotatable bonds is 3. The highest BCUT2D eigenvalue weighted by Crippen LogP contribution is 2.32. The summed E-state index contributed by atoms with van der Waals surface area (Å²) < 4.78 is 30.3. The van der Waals surface area contributed by atoms with E-state index < -0.39 is 18.0 Å². The van der Waals surface area contributed by atoms with Gasteiger partial charge in [0.1, 0.15) is 9.26 Å². The van der Waals surface area contributed by atoms with Crippen LogP contribution in [-0.2, 0) is 4.74 Å². The van der Waals surface area contributed by atoms with Crippen molar-refractivity contribution >= 4 is 40.2 Å². The van der Waals surface area contributed by atoms with Crippen molar-refractivity contribution in [3.63, 3.8) is 0 Å². The van der Waals surface area contributed by atoms with Gasteiger partial charge in [-0.15, -0.1) is 0 Å². The summed E-state index contributed by atoms with van der Waals surface area (Å²) in [5, 5.41) is -0.238. The van der Waals surface area contributed by atoms with Crippen molar-refractivity contribution in [3.05, 3.63) is 26.0 Å². The van der Waals surface area contributed by atoms with Crippen molar-refractivity contribution in [3.8, 4) is 0 Å². The number of carbonyl (C=O) groups excluding carboxylic acids is 1. The van der Waals surface area contributed by atoms with Gasteiger partial charge in [0.15, 0.2) is 0 Å². The average molecular weight is 362 g/mol. The van der Waals surface area contributed by atoms with Crippen LogP contribution in [0.3, 0.4) is 0 Å². The van der Waals surface area contributed by atoms with E-state index >= 15 is 0 Å². The van der Waals surface area contributed by atoms with Gasteiger partial charge in [-0.3, -0.25) is 0 Å². The molecular formula is C9H7ClF2INO2. The Balaban J connectivity index is 3.34. The second kappa shape index (κ2) is 5.72. The predicted molar refractivity (Wildman–Crippen MR) is 62.9 cm³/mol. The summed E-state index contributed by atoms with van der Waals surface area (Å²) in [5.41, 5.74) is -0.788. The number of aromatic nitrogens is 1. The minimum Gasteiger partial charge on any atom is -0.462 e. The monoisotopic (exact) mass is 361 g/mol. The molecule has 0 fully saturated rings. The second-order valence-corrected chi connectivity index (χ2v) is 4.14. The molecule has 0 atom stereocenters. The number of pyridine rings is 1. The first kappa shape index (κ1) is 13.6. The normalized spacial score (nSPS) is 10.6. The molecule has 16 heavy (non-hydrogen) atoms. The zero-order valence-corrected chi connectivity index (χ0v) is 11.1. The van der Waals surface area contributed by atoms with Crippen LogP contribution >= 0.6 is 34.2 Å². The highest BCUT2D eigenvalue weighted by atomic mass is 127. The Kier molecular flexibility index (Phi) is 4.85. The highest BCUT2D eigenvalue weighted by molar-refractivity contribution is 14.1. The number of hydrogen-bond donors (Lipinski definition) is 0. The first-order chi connectivity index (χ1) is 7.49. The van der Waals surface area contributed by atoms with Crippen molar-refractivity contribution in [2.45, 2.75) is 13.3 Å². The van der Waals surface area contributed by atoms with E-state index in [4.69, 9.17) is 11.6 Å². The predicted octanol–water partition coefficient (Wildman–Crippen LogP) is 3.45. The van der Waals surface area contributed by atoms with Crippen LogP contribution in [0, 0.1) is 3.70 Å². The maximum atomic E-state index is 12.7. The largest absolute Gasteiger partial charge is 0.462 e. The molecule has 1 aromatic heterocycles. The molecule has 7 heteroatoms. The molecule has 0 spiro atoms. The Bertz CT molecular complexity index is 415. The van der Waals surface area contributed by atoms with Gasteiger partial charge in [0, 0.05) is 6.20 Å². The minimum absolute atomic E-state index is 0.101. The maximum absolute atomic E-state index is 12.7. The summed E-state index contributed by atoms with van der Waals surface area (Å²) in [6.07, 6.45) is -1.75. The summed E-state index contributed by atoms with van der Waals surface area (Å²) in [7, 11) is 0. The van der Waals surface area contributed by atoms with Gasteiger partial charge in [-0.2, -0.15) is 0 Å². The van der Waals surface area contributed by atoms with Crippen LogP contribution in [0.25, 0.3) is 0 Å². The van der Waals surface area contributed by atoms with E-state index in [0.717, 1.165) is 6.20 Å². The lowest BCUT2D eigenvalue weighted by Crippen LogP contribution is -2.12. The Morgan fingerprint density at radius 3 is 2.81 bits per heavy atom. The maximum Gasteiger partial charge on any atom is 0.341 e. The molecule has 0 aliphatic carbocycles. The Morgan fingerprint density at radius 2 is 2.31 bits per heavy atom. The summed E-state index contributed by atoms with van der Waals surface area (Å²) >= 11 is 7.27. The number of carbonyl (C=O) groups is 1. The number of ether oxygens (including phenoxy) is 1. The van der Waals surface area contributed by atoms with Crippen LogP contribution in [0.1, 0.15) is 29.3 Å². The average Bonchev–Trinajstić information content (AvgIpc) is 2.20. The molecule has 88 valence electrons. The van der Waals surface area contributed by atoms with Gasteiger partial charge in [0.05, 0.1) is 17.2 Å². The third-order valence-electron chi connectivity index (χ3n) is 1.72. The standard InChI is InChI=1S/C9H7ClF2INO2/c1-2-16-9(15)6-5(7(11)12)4(10)3-14-8(6)13/h3,7H,2H2,1H3. The third-order valence-corrected chi connectivity index (χ3v) is 2.84. The molecule has 0 unspecified atom stereocenters. The third kappa shape index (κ3) is 2.79. The fraction of sp³-hybridized carbons (Fsp3) is 0.333. The van der Waals surface area contributed by atoms with E-state index in [-0.39, 0.29) is 20.9 Å². The smallest absolute Gasteiger partial charge is 0.341 e. The lowest BCUT2D eigenvalue weighted by Gasteiger charge is -2.10. The molecule has 0 radical (unpaired) electrons. The van der Waals surface area contributed by atoms with Gasteiger partial charge in [-0.05, 0) is 29.5 Å². The Labute approximate surface area is 109 Å². The van der Waals surface area contributed by atoms with E-state index in [2.05, 4.69) is 9.72 Å². The lowest BCUT2D eigenvalue weighted by atomic mass is 10.1. The van der Waals surface area contributed by atoms with Crippen molar-refractivity contribution < 1.29 is 18.3 Å². The van der Waals surface area contributed by atoms with Crippen LogP contribution < -0.4 is 0 Å². The van der Waals surface area contributed by atoms with Gasteiger partial charge in [-0.25, -0.2) is 18.6 Å². The summed E-state index contributed by atoms with van der Waals surface area (Å²) in [5.74, 6) is -0.836. The fourth-order valence-corrected chi connectivity index (χ4v) is 1.96. The van der Waals surface area contributed by atoms with Crippen LogP contribution in [0.4, 0.5) is 8.78 Å². The second-order valence-electron chi connectivity index (χ2n) is 2.71. The highest BCUT2D eigenvalue weighted by Gasteiger charge is 2.26. The minimum atomic E-state index is -2.84. The van der Waals surface area contributed by atoms with Gasteiger partial charge < -0.3 is 4.74 Å². The van der Waals surface area contributed by atoms with Crippen LogP contribution in [0.2, 0.25) is 5.02 Å². The summed E-state index contributed by atoms with van der Waals surface area (Å²) in [6, 6.07) is 0. The molecule has 3 nitrogen and oxygen atoms in total. The number of esters is 1. The van der Waals surface area contributed by atoms with Crippen LogP contribution in [0.5, 0.6) is 0 Å². The van der Waals surface area contributed by atoms with Crippen molar-refractivity contribution in [1.82, 2.24) is 4.98 Å². The quantitative estimate of drug-likeness (QED) is 0.470. The first-order valence-corrected chi connectivity index (χ1v) is 5.73. The first-order valence-electron chi connectivity index (χ1n) is 4.28. The van der Waals surface area contributed by atoms with Crippen LogP contribution in [-0.4, -0.2) is 17.6 Å². The van der Waals surface area contributed by atoms with Crippen molar-refractivity contribution in [2.75, 3.05) is 6.61 Å². The van der Waals surface area contributed by atoms with E-state index in [0.29, 0.717) is 0 Å². The molecule has 0 N–H and O–H groups in total. The SMILES string of the molecule is CCOC(=O)c1c(I)ncc(Cl)c1C(F)F. The molecule has 0 amide bonds. The molecule has 0 saturated carbocycles. The number of nitrogens with zero attached hydrogens (tertiary/aromatic N) is 1. The number of halogens is 4. The van der Waals surface area contributed by atoms with E-state index in [1.165, 1.54) is 0 Å². The zero-order valence-electron chi connectivity index (χ0n) is 8.14. The topological polar surface area (TPSA) is 39.2 Å². The Hall–Kier alpha value is -0.500. The molecular weight excluding hydrogens is 354 g/mol. The molecule has 0 aliphatic rings. The molecule has 0 aromatic carbocycles. The van der Waals surface area contributed by atoms with E-state index in [9.17, 15) is 13.6 Å². The van der Waals surface area contributed by atoms with E-state index in [1.54, 1.807) is 29.5 Å². The van der Waals surface area contributed by atoms with Gasteiger partial charge >= 0.3 is 5.97 Å². The molecule has 1 heterocycles. The number of alkyl halides is 2. The van der Waals surface area contributed by atoms with Gasteiger partial charge in [-0.1, -0.05) is 11.6 Å². The van der Waals surface area contributed by atoms with Gasteiger partial charge in [0.25, 0.3) is 6.43 Å².